The molecule has 0 atom stereocenters. The number of benzene rings is 1. The molecule has 0 aliphatic rings. The molecule has 13 heteroatoms. The summed E-state index contributed by atoms with van der Waals surface area (Å²) in [4.78, 5) is 22.4. The van der Waals surface area contributed by atoms with Gasteiger partial charge in [0.05, 0.1) is 119 Å². The Balaban J connectivity index is 1.65. The number of hydrogen-bond donors (Lipinski definition) is 0. The van der Waals surface area contributed by atoms with Crippen LogP contribution in [0.2, 0.25) is 0 Å². The Kier molecular flexibility index (Phi) is 36.8. The third-order valence-electron chi connectivity index (χ3n) is 7.46. The van der Waals surface area contributed by atoms with E-state index < -0.39 is 0 Å². The van der Waals surface area contributed by atoms with Gasteiger partial charge in [0, 0.05) is 12.0 Å². The number of carbonyl (C=O) groups is 2. The fraction of sp³-hybridized carbons (Fsp3) is 0.795. The van der Waals surface area contributed by atoms with Gasteiger partial charge >= 0.3 is 5.97 Å². The Bertz CT molecular complexity index is 887. The summed E-state index contributed by atoms with van der Waals surface area (Å²) in [6.07, 6.45) is 12.4. The van der Waals surface area contributed by atoms with Gasteiger partial charge in [-0.25, -0.2) is 0 Å². The highest BCUT2D eigenvalue weighted by Gasteiger charge is 2.03. The average molecular weight is 745 g/mol. The zero-order valence-corrected chi connectivity index (χ0v) is 31.9. The molecule has 0 saturated carbocycles. The van der Waals surface area contributed by atoms with Crippen molar-refractivity contribution < 1.29 is 61.7 Å². The number of rotatable bonds is 42. The topological polar surface area (TPSA) is 136 Å². The Hall–Kier alpha value is -2.20. The van der Waals surface area contributed by atoms with Crippen LogP contribution in [0.3, 0.4) is 0 Å². The van der Waals surface area contributed by atoms with Gasteiger partial charge in [0.25, 0.3) is 0 Å². The van der Waals surface area contributed by atoms with Crippen LogP contribution in [0.5, 0.6) is 5.75 Å². The van der Waals surface area contributed by atoms with Crippen molar-refractivity contribution in [3.05, 3.63) is 29.8 Å². The molecular weight excluding hydrogens is 676 g/mol. The predicted molar refractivity (Wildman–Crippen MR) is 197 cm³/mol. The molecule has 0 radical (unpaired) electrons. The molecule has 0 fully saturated rings. The number of ether oxygens (including phenoxy) is 11. The zero-order valence-electron chi connectivity index (χ0n) is 31.9. The second-order valence-corrected chi connectivity index (χ2v) is 11.8. The van der Waals surface area contributed by atoms with Crippen LogP contribution in [0.15, 0.2) is 24.3 Å². The highest BCUT2D eigenvalue weighted by molar-refractivity contribution is 5.74. The molecule has 52 heavy (non-hydrogen) atoms. The maximum atomic E-state index is 11.8. The van der Waals surface area contributed by atoms with E-state index in [1.807, 2.05) is 0 Å². The van der Waals surface area contributed by atoms with Crippen molar-refractivity contribution in [2.75, 3.05) is 132 Å². The van der Waals surface area contributed by atoms with Crippen molar-refractivity contribution in [1.82, 2.24) is 0 Å². The fourth-order valence-corrected chi connectivity index (χ4v) is 4.59. The van der Waals surface area contributed by atoms with Crippen molar-refractivity contribution in [2.24, 2.45) is 0 Å². The van der Waals surface area contributed by atoms with Gasteiger partial charge in [-0.15, -0.1) is 0 Å². The first-order valence-electron chi connectivity index (χ1n) is 19.3. The first kappa shape index (κ1) is 47.8. The molecule has 1 rings (SSSR count). The molecule has 13 nitrogen and oxygen atoms in total. The van der Waals surface area contributed by atoms with Gasteiger partial charge in [0.1, 0.15) is 25.2 Å². The lowest BCUT2D eigenvalue weighted by Crippen LogP contribution is -2.15. The zero-order chi connectivity index (χ0) is 37.3. The molecule has 0 aromatic heterocycles. The van der Waals surface area contributed by atoms with Crippen LogP contribution >= 0.6 is 0 Å². The summed E-state index contributed by atoms with van der Waals surface area (Å²) in [6, 6.07) is 6.93. The summed E-state index contributed by atoms with van der Waals surface area (Å²) >= 11 is 0. The number of esters is 1. The fourth-order valence-electron chi connectivity index (χ4n) is 4.59. The molecule has 1 aromatic carbocycles. The number of unbranched alkanes of at least 4 members (excludes halogenated alkanes) is 8. The summed E-state index contributed by atoms with van der Waals surface area (Å²) in [5, 5.41) is 0. The lowest BCUT2D eigenvalue weighted by molar-refractivity contribution is -0.145. The standard InChI is InChI=1S/C39H68O13/c1-2-3-4-5-6-7-8-9-10-11-39(41)52-35-33-50-31-29-48-27-25-46-23-21-44-19-17-42-16-18-43-20-22-45-24-26-47-28-30-49-32-34-51-38-14-12-37(36-40)13-15-38/h12-15,36H,2-11,16-35H2,1H3. The Morgan fingerprint density at radius 2 is 0.769 bits per heavy atom. The quantitative estimate of drug-likeness (QED) is 0.0475. The summed E-state index contributed by atoms with van der Waals surface area (Å²) in [5.74, 6) is 0.563. The highest BCUT2D eigenvalue weighted by Crippen LogP contribution is 2.11. The molecule has 0 saturated heterocycles. The molecule has 0 aliphatic carbocycles. The molecule has 0 bridgehead atoms. The average Bonchev–Trinajstić information content (AvgIpc) is 3.16. The van der Waals surface area contributed by atoms with Crippen molar-refractivity contribution in [1.29, 1.82) is 0 Å². The smallest absolute Gasteiger partial charge is 0.305 e. The van der Waals surface area contributed by atoms with Crippen LogP contribution in [0.25, 0.3) is 0 Å². The maximum Gasteiger partial charge on any atom is 0.305 e. The lowest BCUT2D eigenvalue weighted by Gasteiger charge is -2.09. The highest BCUT2D eigenvalue weighted by atomic mass is 16.6. The van der Waals surface area contributed by atoms with E-state index in [1.165, 1.54) is 44.9 Å². The minimum Gasteiger partial charge on any atom is -0.491 e. The van der Waals surface area contributed by atoms with Crippen molar-refractivity contribution in [3.8, 4) is 5.75 Å². The van der Waals surface area contributed by atoms with Crippen molar-refractivity contribution >= 4 is 12.3 Å². The monoisotopic (exact) mass is 744 g/mol. The van der Waals surface area contributed by atoms with Crippen molar-refractivity contribution in [3.63, 3.8) is 0 Å². The SMILES string of the molecule is CCCCCCCCCCCC(=O)OCCOCCOCCOCCOCCOCCOCCOCCOCCOCCOc1ccc(C=O)cc1. The summed E-state index contributed by atoms with van der Waals surface area (Å²) < 4.78 is 60.1. The summed E-state index contributed by atoms with van der Waals surface area (Å²) in [7, 11) is 0. The van der Waals surface area contributed by atoms with Gasteiger partial charge < -0.3 is 52.1 Å². The molecule has 0 spiro atoms. The Morgan fingerprint density at radius 3 is 1.13 bits per heavy atom. The van der Waals surface area contributed by atoms with E-state index in [4.69, 9.17) is 52.1 Å². The van der Waals surface area contributed by atoms with Gasteiger partial charge in [-0.1, -0.05) is 58.3 Å². The van der Waals surface area contributed by atoms with E-state index in [0.29, 0.717) is 143 Å². The lowest BCUT2D eigenvalue weighted by atomic mass is 10.1. The molecule has 0 N–H and O–H groups in total. The normalized spacial score (nSPS) is 11.2. The first-order valence-corrected chi connectivity index (χ1v) is 19.3. The van der Waals surface area contributed by atoms with Gasteiger partial charge in [-0.05, 0) is 30.7 Å². The minimum absolute atomic E-state index is 0.140. The van der Waals surface area contributed by atoms with Crippen LogP contribution in [-0.2, 0) is 52.2 Å². The maximum absolute atomic E-state index is 11.8. The summed E-state index contributed by atoms with van der Waals surface area (Å²) in [6.45, 7) is 11.5. The van der Waals surface area contributed by atoms with E-state index in [1.54, 1.807) is 24.3 Å². The van der Waals surface area contributed by atoms with Gasteiger partial charge in [-0.3, -0.25) is 9.59 Å². The third kappa shape index (κ3) is 34.9. The van der Waals surface area contributed by atoms with E-state index in [0.717, 1.165) is 19.1 Å². The van der Waals surface area contributed by atoms with Crippen LogP contribution in [0.4, 0.5) is 0 Å². The Morgan fingerprint density at radius 1 is 0.442 bits per heavy atom. The van der Waals surface area contributed by atoms with Crippen LogP contribution in [0, 0.1) is 0 Å². The van der Waals surface area contributed by atoms with Gasteiger partial charge in [-0.2, -0.15) is 0 Å². The van der Waals surface area contributed by atoms with E-state index in [2.05, 4.69) is 6.92 Å². The minimum atomic E-state index is -0.140. The molecule has 302 valence electrons. The second-order valence-electron chi connectivity index (χ2n) is 11.8. The molecule has 1 aromatic rings. The van der Waals surface area contributed by atoms with E-state index in [-0.39, 0.29) is 12.6 Å². The van der Waals surface area contributed by atoms with E-state index in [9.17, 15) is 9.59 Å². The number of aldehydes is 1. The van der Waals surface area contributed by atoms with Crippen LogP contribution < -0.4 is 4.74 Å². The third-order valence-corrected chi connectivity index (χ3v) is 7.46. The number of hydrogen-bond acceptors (Lipinski definition) is 13. The van der Waals surface area contributed by atoms with Crippen LogP contribution in [0.1, 0.15) is 81.5 Å². The molecule has 0 amide bonds. The summed E-state index contributed by atoms with van der Waals surface area (Å²) in [5.41, 5.74) is 0.617. The number of carbonyl (C=O) groups excluding carboxylic acids is 2. The molecule has 0 unspecified atom stereocenters. The van der Waals surface area contributed by atoms with E-state index >= 15 is 0 Å². The van der Waals surface area contributed by atoms with Crippen molar-refractivity contribution in [2.45, 2.75) is 71.1 Å². The molecule has 0 aliphatic heterocycles. The molecule has 0 heterocycles. The second kappa shape index (κ2) is 40.0. The van der Waals surface area contributed by atoms with Gasteiger partial charge in [0.2, 0.25) is 0 Å². The largest absolute Gasteiger partial charge is 0.491 e. The van der Waals surface area contributed by atoms with Gasteiger partial charge in [0.15, 0.2) is 0 Å². The molecular formula is C39H68O13. The first-order chi connectivity index (χ1) is 25.8. The predicted octanol–water partition coefficient (Wildman–Crippen LogP) is 5.49. The van der Waals surface area contributed by atoms with Crippen LogP contribution in [-0.4, -0.2) is 144 Å². The Labute approximate surface area is 312 Å².